The minimum Gasteiger partial charge on any atom is -0.334 e. The molecule has 0 aliphatic carbocycles. The Morgan fingerprint density at radius 1 is 1.00 bits per heavy atom. The molecule has 4 aromatic rings. The average molecular weight is 499 g/mol. The van der Waals surface area contributed by atoms with Crippen molar-refractivity contribution in [2.24, 2.45) is 0 Å². The summed E-state index contributed by atoms with van der Waals surface area (Å²) in [5.41, 5.74) is 6.69. The Balaban J connectivity index is 1.58. The number of amides is 2. The van der Waals surface area contributed by atoms with Crippen LogP contribution in [0, 0.1) is 6.92 Å². The number of aromatic nitrogens is 2. The highest BCUT2D eigenvalue weighted by molar-refractivity contribution is 6.30. The van der Waals surface area contributed by atoms with Gasteiger partial charge < -0.3 is 9.84 Å². The Morgan fingerprint density at radius 2 is 1.75 bits per heavy atom. The summed E-state index contributed by atoms with van der Waals surface area (Å²) in [4.78, 5) is 19.8. The van der Waals surface area contributed by atoms with Crippen LogP contribution in [0.1, 0.15) is 48.0 Å². The zero-order chi connectivity index (χ0) is 25.2. The zero-order valence-corrected chi connectivity index (χ0v) is 21.2. The van der Waals surface area contributed by atoms with Gasteiger partial charge in [-0.2, -0.15) is 4.98 Å². The van der Waals surface area contributed by atoms with Gasteiger partial charge >= 0.3 is 6.03 Å². The molecular formula is C29H27ClN4O2. The van der Waals surface area contributed by atoms with Crippen molar-refractivity contribution in [2.45, 2.75) is 39.8 Å². The molecule has 5 rings (SSSR count). The number of hydrogen-bond donors (Lipinski definition) is 1. The normalized spacial score (nSPS) is 15.8. The third-order valence-corrected chi connectivity index (χ3v) is 6.75. The molecule has 1 aromatic heterocycles. The highest BCUT2D eigenvalue weighted by Crippen LogP contribution is 2.38. The van der Waals surface area contributed by atoms with Gasteiger partial charge in [-0.25, -0.2) is 4.79 Å². The van der Waals surface area contributed by atoms with Crippen molar-refractivity contribution in [3.63, 3.8) is 0 Å². The van der Waals surface area contributed by atoms with Crippen LogP contribution < -0.4 is 5.32 Å². The van der Waals surface area contributed by atoms with Gasteiger partial charge in [0.25, 0.3) is 5.89 Å². The maximum Gasteiger partial charge on any atom is 0.322 e. The molecule has 182 valence electrons. The lowest BCUT2D eigenvalue weighted by molar-refractivity contribution is 0.203. The Bertz CT molecular complexity index is 1420. The molecule has 0 spiro atoms. The number of carbonyl (C=O) groups is 1. The van der Waals surface area contributed by atoms with Gasteiger partial charge in [-0.1, -0.05) is 89.9 Å². The standard InChI is InChI=1S/C29H27ClN4O2/c1-4-20-8-10-23(11-9-20)27-32-28(36-33-27)25-19(3)34(17-21-7-5-6-18(2)16-21)29(35)31-26(25)22-12-14-24(30)15-13-22/h5-16,26H,4,17H2,1-3H3,(H,31,35). The fraction of sp³-hybridized carbons (Fsp3) is 0.207. The number of urea groups is 1. The van der Waals surface area contributed by atoms with Crippen LogP contribution in [0.15, 0.2) is 83.0 Å². The lowest BCUT2D eigenvalue weighted by Gasteiger charge is -2.35. The van der Waals surface area contributed by atoms with E-state index in [0.717, 1.165) is 39.9 Å². The van der Waals surface area contributed by atoms with Crippen LogP contribution in [0.5, 0.6) is 0 Å². The van der Waals surface area contributed by atoms with Crippen molar-refractivity contribution in [3.8, 4) is 11.4 Å². The average Bonchev–Trinajstić information content (AvgIpc) is 3.36. The maximum atomic E-state index is 13.3. The fourth-order valence-electron chi connectivity index (χ4n) is 4.49. The minimum absolute atomic E-state index is 0.187. The number of benzene rings is 3. The molecule has 36 heavy (non-hydrogen) atoms. The van der Waals surface area contributed by atoms with E-state index in [4.69, 9.17) is 21.1 Å². The molecule has 7 heteroatoms. The van der Waals surface area contributed by atoms with E-state index < -0.39 is 6.04 Å². The summed E-state index contributed by atoms with van der Waals surface area (Å²) >= 11 is 6.13. The van der Waals surface area contributed by atoms with Crippen LogP contribution in [0.2, 0.25) is 5.02 Å². The van der Waals surface area contributed by atoms with Crippen molar-refractivity contribution in [2.75, 3.05) is 0 Å². The van der Waals surface area contributed by atoms with E-state index in [9.17, 15) is 4.79 Å². The number of hydrogen-bond acceptors (Lipinski definition) is 4. The smallest absolute Gasteiger partial charge is 0.322 e. The van der Waals surface area contributed by atoms with Crippen molar-refractivity contribution < 1.29 is 9.32 Å². The molecule has 0 fully saturated rings. The number of carbonyl (C=O) groups excluding carboxylic acids is 1. The second-order valence-corrected chi connectivity index (χ2v) is 9.42. The summed E-state index contributed by atoms with van der Waals surface area (Å²) in [7, 11) is 0. The molecule has 0 radical (unpaired) electrons. The van der Waals surface area contributed by atoms with Gasteiger partial charge in [0.15, 0.2) is 0 Å². The number of nitrogens with zero attached hydrogens (tertiary/aromatic N) is 3. The molecule has 0 saturated carbocycles. The molecule has 2 heterocycles. The Kier molecular flexibility index (Phi) is 6.61. The Labute approximate surface area is 215 Å². The summed E-state index contributed by atoms with van der Waals surface area (Å²) in [5.74, 6) is 0.876. The monoisotopic (exact) mass is 498 g/mol. The van der Waals surface area contributed by atoms with Gasteiger partial charge in [-0.15, -0.1) is 0 Å². The van der Waals surface area contributed by atoms with Crippen LogP contribution >= 0.6 is 11.6 Å². The molecule has 0 bridgehead atoms. The fourth-order valence-corrected chi connectivity index (χ4v) is 4.61. The maximum absolute atomic E-state index is 13.3. The molecule has 1 aliphatic rings. The van der Waals surface area contributed by atoms with E-state index in [1.165, 1.54) is 5.56 Å². The molecule has 1 aliphatic heterocycles. The molecule has 0 saturated heterocycles. The van der Waals surface area contributed by atoms with E-state index in [1.54, 1.807) is 4.90 Å². The summed E-state index contributed by atoms with van der Waals surface area (Å²) in [6, 6.07) is 23.0. The molecule has 1 N–H and O–H groups in total. The molecular weight excluding hydrogens is 472 g/mol. The zero-order valence-electron chi connectivity index (χ0n) is 20.5. The van der Waals surface area contributed by atoms with E-state index in [-0.39, 0.29) is 6.03 Å². The Morgan fingerprint density at radius 3 is 2.44 bits per heavy atom. The summed E-state index contributed by atoms with van der Waals surface area (Å²) < 4.78 is 5.79. The summed E-state index contributed by atoms with van der Waals surface area (Å²) in [6.07, 6.45) is 0.961. The third kappa shape index (κ3) is 4.77. The quantitative estimate of drug-likeness (QED) is 0.312. The van der Waals surface area contributed by atoms with E-state index in [1.807, 2.05) is 68.4 Å². The first-order chi connectivity index (χ1) is 17.4. The first kappa shape index (κ1) is 23.8. The highest BCUT2D eigenvalue weighted by Gasteiger charge is 2.35. The van der Waals surface area contributed by atoms with Crippen molar-refractivity contribution in [3.05, 3.63) is 112 Å². The molecule has 3 aromatic carbocycles. The molecule has 1 unspecified atom stereocenters. The number of nitrogens with one attached hydrogen (secondary N) is 1. The summed E-state index contributed by atoms with van der Waals surface area (Å²) in [6.45, 7) is 6.51. The van der Waals surface area contributed by atoms with Gasteiger partial charge in [-0.3, -0.25) is 4.90 Å². The van der Waals surface area contributed by atoms with Crippen molar-refractivity contribution in [1.82, 2.24) is 20.4 Å². The van der Waals surface area contributed by atoms with Gasteiger partial charge in [-0.05, 0) is 49.1 Å². The van der Waals surface area contributed by atoms with Crippen LogP contribution in [0.25, 0.3) is 17.0 Å². The Hall–Kier alpha value is -3.90. The lowest BCUT2D eigenvalue weighted by Crippen LogP contribution is -2.45. The van der Waals surface area contributed by atoms with Gasteiger partial charge in [0, 0.05) is 16.3 Å². The molecule has 1 atom stereocenters. The SMILES string of the molecule is CCc1ccc(-c2noc(C3=C(C)N(Cc4cccc(C)c4)C(=O)NC3c3ccc(Cl)cc3)n2)cc1. The lowest BCUT2D eigenvalue weighted by atomic mass is 9.94. The second-order valence-electron chi connectivity index (χ2n) is 8.98. The number of allylic oxidation sites excluding steroid dienone is 1. The largest absolute Gasteiger partial charge is 0.334 e. The van der Waals surface area contributed by atoms with Crippen LogP contribution in [0.4, 0.5) is 4.79 Å². The first-order valence-corrected chi connectivity index (χ1v) is 12.3. The molecule has 6 nitrogen and oxygen atoms in total. The molecule has 2 amide bonds. The van der Waals surface area contributed by atoms with Gasteiger partial charge in [0.1, 0.15) is 0 Å². The predicted molar refractivity (Wildman–Crippen MR) is 141 cm³/mol. The number of halogens is 1. The highest BCUT2D eigenvalue weighted by atomic mass is 35.5. The summed E-state index contributed by atoms with van der Waals surface area (Å²) in [5, 5.41) is 8.02. The van der Waals surface area contributed by atoms with Crippen LogP contribution in [-0.2, 0) is 13.0 Å². The van der Waals surface area contributed by atoms with E-state index >= 15 is 0 Å². The van der Waals surface area contributed by atoms with Gasteiger partial charge in [0.2, 0.25) is 5.82 Å². The van der Waals surface area contributed by atoms with Gasteiger partial charge in [0.05, 0.1) is 18.2 Å². The number of rotatable bonds is 6. The van der Waals surface area contributed by atoms with Crippen molar-refractivity contribution in [1.29, 1.82) is 0 Å². The van der Waals surface area contributed by atoms with Crippen molar-refractivity contribution >= 4 is 23.2 Å². The second kappa shape index (κ2) is 9.99. The van der Waals surface area contributed by atoms with E-state index in [0.29, 0.717) is 23.3 Å². The van der Waals surface area contributed by atoms with E-state index in [2.05, 4.69) is 35.6 Å². The predicted octanol–water partition coefficient (Wildman–Crippen LogP) is 6.96. The van der Waals surface area contributed by atoms with Crippen LogP contribution in [-0.4, -0.2) is 21.1 Å². The minimum atomic E-state index is -0.459. The topological polar surface area (TPSA) is 71.3 Å². The third-order valence-electron chi connectivity index (χ3n) is 6.50. The first-order valence-electron chi connectivity index (χ1n) is 12.0. The number of aryl methyl sites for hydroxylation is 2. The van der Waals surface area contributed by atoms with Crippen LogP contribution in [0.3, 0.4) is 0 Å².